The van der Waals surface area contributed by atoms with Crippen LogP contribution in [-0.2, 0) is 0 Å². The van der Waals surface area contributed by atoms with Gasteiger partial charge in [-0.1, -0.05) is 43.7 Å². The van der Waals surface area contributed by atoms with Crippen molar-refractivity contribution in [3.8, 4) is 0 Å². The average molecular weight is 260 g/mol. The van der Waals surface area contributed by atoms with E-state index < -0.39 is 0 Å². The Balaban J connectivity index is 1.82. The van der Waals surface area contributed by atoms with Crippen molar-refractivity contribution in [2.75, 3.05) is 12.3 Å². The smallest absolute Gasteiger partial charge is 0.253 e. The third-order valence-electron chi connectivity index (χ3n) is 4.02. The van der Waals surface area contributed by atoms with Crippen LogP contribution in [0.15, 0.2) is 18.2 Å². The van der Waals surface area contributed by atoms with Gasteiger partial charge in [0.1, 0.15) is 0 Å². The highest BCUT2D eigenvalue weighted by atomic mass is 16.1. The summed E-state index contributed by atoms with van der Waals surface area (Å²) in [5.74, 6) is 0.751. The zero-order valence-corrected chi connectivity index (χ0v) is 11.7. The molecule has 0 saturated heterocycles. The molecule has 1 saturated carbocycles. The molecule has 1 fully saturated rings. The predicted octanol–water partition coefficient (Wildman–Crippen LogP) is 3.28. The van der Waals surface area contributed by atoms with Crippen molar-refractivity contribution in [1.29, 1.82) is 0 Å². The van der Waals surface area contributed by atoms with Crippen LogP contribution < -0.4 is 11.1 Å². The molecule has 0 aliphatic heterocycles. The second-order valence-corrected chi connectivity index (χ2v) is 5.64. The van der Waals surface area contributed by atoms with Crippen molar-refractivity contribution in [1.82, 2.24) is 5.32 Å². The molecular weight excluding hydrogens is 236 g/mol. The molecule has 0 heterocycles. The largest absolute Gasteiger partial charge is 0.398 e. The van der Waals surface area contributed by atoms with Gasteiger partial charge in [-0.2, -0.15) is 0 Å². The quantitative estimate of drug-likeness (QED) is 0.816. The van der Waals surface area contributed by atoms with Crippen LogP contribution in [0.5, 0.6) is 0 Å². The van der Waals surface area contributed by atoms with E-state index in [1.165, 1.54) is 32.1 Å². The van der Waals surface area contributed by atoms with Crippen molar-refractivity contribution in [2.45, 2.75) is 45.4 Å². The second kappa shape index (κ2) is 6.60. The highest BCUT2D eigenvalue weighted by Gasteiger charge is 2.14. The van der Waals surface area contributed by atoms with Crippen LogP contribution in [0.1, 0.15) is 54.4 Å². The van der Waals surface area contributed by atoms with E-state index in [4.69, 9.17) is 5.73 Å². The van der Waals surface area contributed by atoms with Crippen LogP contribution in [0.3, 0.4) is 0 Å². The number of hydrogen-bond donors (Lipinski definition) is 2. The Morgan fingerprint density at radius 3 is 2.79 bits per heavy atom. The van der Waals surface area contributed by atoms with Crippen molar-refractivity contribution in [3.05, 3.63) is 29.3 Å². The van der Waals surface area contributed by atoms with Gasteiger partial charge >= 0.3 is 0 Å². The minimum atomic E-state index is -0.0444. The van der Waals surface area contributed by atoms with Gasteiger partial charge in [-0.05, 0) is 31.4 Å². The van der Waals surface area contributed by atoms with Crippen molar-refractivity contribution >= 4 is 11.6 Å². The van der Waals surface area contributed by atoms with Gasteiger partial charge in [0.2, 0.25) is 0 Å². The fraction of sp³-hybridized carbons (Fsp3) is 0.562. The molecular formula is C16H24N2O. The maximum atomic E-state index is 12.1. The van der Waals surface area contributed by atoms with Gasteiger partial charge < -0.3 is 11.1 Å². The maximum absolute atomic E-state index is 12.1. The summed E-state index contributed by atoms with van der Waals surface area (Å²) in [6, 6.07) is 5.57. The minimum absolute atomic E-state index is 0.0444. The Kier molecular flexibility index (Phi) is 4.83. The van der Waals surface area contributed by atoms with E-state index in [1.54, 1.807) is 6.07 Å². The number of nitrogens with one attached hydrogen (secondary N) is 1. The van der Waals surface area contributed by atoms with Gasteiger partial charge in [0.05, 0.1) is 5.56 Å². The summed E-state index contributed by atoms with van der Waals surface area (Å²) >= 11 is 0. The van der Waals surface area contributed by atoms with E-state index >= 15 is 0 Å². The summed E-state index contributed by atoms with van der Waals surface area (Å²) in [6.45, 7) is 2.73. The SMILES string of the molecule is Cc1ccc(N)c(C(=O)NCCC2CCCCC2)c1. The molecule has 0 atom stereocenters. The number of nitrogens with two attached hydrogens (primary N) is 1. The van der Waals surface area contributed by atoms with E-state index in [2.05, 4.69) is 5.32 Å². The maximum Gasteiger partial charge on any atom is 0.253 e. The minimum Gasteiger partial charge on any atom is -0.398 e. The summed E-state index contributed by atoms with van der Waals surface area (Å²) in [4.78, 5) is 12.1. The Labute approximate surface area is 115 Å². The van der Waals surface area contributed by atoms with Gasteiger partial charge in [0.15, 0.2) is 0 Å². The number of benzene rings is 1. The van der Waals surface area contributed by atoms with Gasteiger partial charge in [-0.25, -0.2) is 0 Å². The molecule has 19 heavy (non-hydrogen) atoms. The summed E-state index contributed by atoms with van der Waals surface area (Å²) in [5.41, 5.74) is 8.06. The van der Waals surface area contributed by atoms with Crippen molar-refractivity contribution in [3.63, 3.8) is 0 Å². The number of carbonyl (C=O) groups excluding carboxylic acids is 1. The Bertz CT molecular complexity index is 436. The molecule has 2 rings (SSSR count). The lowest BCUT2D eigenvalue weighted by molar-refractivity contribution is 0.0951. The first-order valence-electron chi connectivity index (χ1n) is 7.31. The van der Waals surface area contributed by atoms with Gasteiger partial charge in [-0.3, -0.25) is 4.79 Å². The Morgan fingerprint density at radius 2 is 2.05 bits per heavy atom. The number of aryl methyl sites for hydroxylation is 1. The van der Waals surface area contributed by atoms with Gasteiger partial charge in [0, 0.05) is 12.2 Å². The first kappa shape index (κ1) is 13.9. The van der Waals surface area contributed by atoms with Crippen LogP contribution >= 0.6 is 0 Å². The fourth-order valence-electron chi connectivity index (χ4n) is 2.83. The van der Waals surface area contributed by atoms with Crippen LogP contribution in [0.25, 0.3) is 0 Å². The molecule has 0 unspecified atom stereocenters. The molecule has 1 aliphatic rings. The molecule has 1 aromatic rings. The molecule has 104 valence electrons. The lowest BCUT2D eigenvalue weighted by Gasteiger charge is -2.21. The lowest BCUT2D eigenvalue weighted by Crippen LogP contribution is -2.27. The zero-order valence-electron chi connectivity index (χ0n) is 11.7. The number of nitrogen functional groups attached to an aromatic ring is 1. The molecule has 3 nitrogen and oxygen atoms in total. The van der Waals surface area contributed by atoms with E-state index in [-0.39, 0.29) is 5.91 Å². The molecule has 3 N–H and O–H groups in total. The first-order valence-corrected chi connectivity index (χ1v) is 7.31. The third kappa shape index (κ3) is 3.98. The van der Waals surface area contributed by atoms with Crippen molar-refractivity contribution < 1.29 is 4.79 Å². The molecule has 1 aromatic carbocycles. The van der Waals surface area contributed by atoms with Crippen LogP contribution in [-0.4, -0.2) is 12.5 Å². The summed E-state index contributed by atoms with van der Waals surface area (Å²) in [6.07, 6.45) is 7.82. The molecule has 1 amide bonds. The molecule has 1 aliphatic carbocycles. The number of hydrogen-bond acceptors (Lipinski definition) is 2. The Morgan fingerprint density at radius 1 is 1.32 bits per heavy atom. The predicted molar refractivity (Wildman–Crippen MR) is 79.1 cm³/mol. The van der Waals surface area contributed by atoms with E-state index in [9.17, 15) is 4.79 Å². The van der Waals surface area contributed by atoms with E-state index in [0.29, 0.717) is 11.3 Å². The molecule has 0 bridgehead atoms. The van der Waals surface area contributed by atoms with Gasteiger partial charge in [0.25, 0.3) is 5.91 Å². The molecule has 0 radical (unpaired) electrons. The highest BCUT2D eigenvalue weighted by molar-refractivity contribution is 5.99. The number of anilines is 1. The number of amides is 1. The third-order valence-corrected chi connectivity index (χ3v) is 4.02. The summed E-state index contributed by atoms with van der Waals surface area (Å²) in [7, 11) is 0. The standard InChI is InChI=1S/C16H24N2O/c1-12-7-8-15(17)14(11-12)16(19)18-10-9-13-5-3-2-4-6-13/h7-8,11,13H,2-6,9-10,17H2,1H3,(H,18,19). The Hall–Kier alpha value is -1.51. The van der Waals surface area contributed by atoms with Crippen LogP contribution in [0.4, 0.5) is 5.69 Å². The first-order chi connectivity index (χ1) is 9.16. The zero-order chi connectivity index (χ0) is 13.7. The van der Waals surface area contributed by atoms with Crippen molar-refractivity contribution in [2.24, 2.45) is 5.92 Å². The number of rotatable bonds is 4. The normalized spacial score (nSPS) is 16.3. The summed E-state index contributed by atoms with van der Waals surface area (Å²) < 4.78 is 0. The number of carbonyl (C=O) groups is 1. The average Bonchev–Trinajstić information content (AvgIpc) is 2.42. The van der Waals surface area contributed by atoms with E-state index in [0.717, 1.165) is 24.4 Å². The van der Waals surface area contributed by atoms with E-state index in [1.807, 2.05) is 19.1 Å². The van der Waals surface area contributed by atoms with Crippen LogP contribution in [0.2, 0.25) is 0 Å². The molecule has 0 spiro atoms. The summed E-state index contributed by atoms with van der Waals surface area (Å²) in [5, 5.41) is 3.00. The second-order valence-electron chi connectivity index (χ2n) is 5.64. The molecule has 3 heteroatoms. The lowest BCUT2D eigenvalue weighted by atomic mass is 9.87. The highest BCUT2D eigenvalue weighted by Crippen LogP contribution is 2.25. The fourth-order valence-corrected chi connectivity index (χ4v) is 2.83. The van der Waals surface area contributed by atoms with Crippen LogP contribution in [0, 0.1) is 12.8 Å². The molecule has 0 aromatic heterocycles. The van der Waals surface area contributed by atoms with Gasteiger partial charge in [-0.15, -0.1) is 0 Å². The monoisotopic (exact) mass is 260 g/mol. The topological polar surface area (TPSA) is 55.1 Å².